The topological polar surface area (TPSA) is 113 Å². The second-order valence-corrected chi connectivity index (χ2v) is 10.8. The number of hydrogen-bond acceptors (Lipinski definition) is 8. The first-order valence-corrected chi connectivity index (χ1v) is 13.0. The molecule has 2 aliphatic heterocycles. The van der Waals surface area contributed by atoms with Crippen molar-refractivity contribution in [1.82, 2.24) is 25.0 Å². The van der Waals surface area contributed by atoms with Gasteiger partial charge in [-0.05, 0) is 62.6 Å². The van der Waals surface area contributed by atoms with Gasteiger partial charge in [0.25, 0.3) is 11.8 Å². The van der Waals surface area contributed by atoms with E-state index < -0.39 is 23.6 Å². The Bertz CT molecular complexity index is 1450. The molecule has 2 aromatic heterocycles. The van der Waals surface area contributed by atoms with Gasteiger partial charge in [-0.15, -0.1) is 10.2 Å². The summed E-state index contributed by atoms with van der Waals surface area (Å²) in [5.41, 5.74) is 1.85. The summed E-state index contributed by atoms with van der Waals surface area (Å²) in [6.45, 7) is 4.97. The fourth-order valence-electron chi connectivity index (χ4n) is 5.26. The number of benzene rings is 1. The number of pyridine rings is 1. The van der Waals surface area contributed by atoms with Gasteiger partial charge in [-0.3, -0.25) is 24.3 Å². The van der Waals surface area contributed by atoms with Crippen LogP contribution in [-0.4, -0.2) is 69.9 Å². The molecule has 1 fully saturated rings. The zero-order valence-electron chi connectivity index (χ0n) is 22.7. The van der Waals surface area contributed by atoms with Gasteiger partial charge < -0.3 is 14.2 Å². The molecule has 0 spiro atoms. The van der Waals surface area contributed by atoms with Crippen LogP contribution in [0.25, 0.3) is 11.5 Å². The summed E-state index contributed by atoms with van der Waals surface area (Å²) < 4.78 is 30.4. The molecule has 0 N–H and O–H groups in total. The van der Waals surface area contributed by atoms with Crippen molar-refractivity contribution in [3.05, 3.63) is 59.2 Å². The van der Waals surface area contributed by atoms with Crippen LogP contribution in [0.3, 0.4) is 0 Å². The number of piperidine rings is 1. The first-order chi connectivity index (χ1) is 19.0. The van der Waals surface area contributed by atoms with E-state index in [1.54, 1.807) is 51.0 Å². The molecule has 0 unspecified atom stereocenters. The molecule has 1 saturated heterocycles. The second-order valence-electron chi connectivity index (χ2n) is 10.8. The van der Waals surface area contributed by atoms with E-state index >= 15 is 0 Å². The predicted octanol–water partition coefficient (Wildman–Crippen LogP) is 3.83. The first kappa shape index (κ1) is 27.4. The van der Waals surface area contributed by atoms with Crippen molar-refractivity contribution < 1.29 is 27.6 Å². The smallest absolute Gasteiger partial charge is 0.314 e. The second kappa shape index (κ2) is 10.4. The van der Waals surface area contributed by atoms with Gasteiger partial charge in [-0.2, -0.15) is 8.78 Å². The molecule has 0 saturated carbocycles. The Morgan fingerprint density at radius 2 is 1.85 bits per heavy atom. The van der Waals surface area contributed by atoms with Crippen molar-refractivity contribution in [2.24, 2.45) is 5.92 Å². The summed E-state index contributed by atoms with van der Waals surface area (Å²) in [6, 6.07) is 8.71. The van der Waals surface area contributed by atoms with Crippen molar-refractivity contribution in [2.75, 3.05) is 32.1 Å². The summed E-state index contributed by atoms with van der Waals surface area (Å²) in [5, 5.41) is 6.91. The van der Waals surface area contributed by atoms with E-state index in [9.17, 15) is 23.2 Å². The minimum absolute atomic E-state index is 0.00169. The van der Waals surface area contributed by atoms with Crippen LogP contribution in [0, 0.1) is 5.92 Å². The third-order valence-corrected chi connectivity index (χ3v) is 7.60. The van der Waals surface area contributed by atoms with Crippen LogP contribution in [0.5, 0.6) is 0 Å². The van der Waals surface area contributed by atoms with E-state index in [0.29, 0.717) is 35.5 Å². The predicted molar refractivity (Wildman–Crippen MR) is 140 cm³/mol. The van der Waals surface area contributed by atoms with Gasteiger partial charge in [-0.1, -0.05) is 0 Å². The molecule has 210 valence electrons. The lowest BCUT2D eigenvalue weighted by Gasteiger charge is -2.39. The molecule has 0 aliphatic carbocycles. The maximum Gasteiger partial charge on any atom is 0.314 e. The van der Waals surface area contributed by atoms with E-state index in [0.717, 1.165) is 18.5 Å². The molecule has 0 bridgehead atoms. The Labute approximate surface area is 230 Å². The third-order valence-electron chi connectivity index (χ3n) is 7.60. The lowest BCUT2D eigenvalue weighted by atomic mass is 9.76. The van der Waals surface area contributed by atoms with Crippen LogP contribution in [0.15, 0.2) is 40.9 Å². The van der Waals surface area contributed by atoms with Crippen molar-refractivity contribution in [3.8, 4) is 11.5 Å². The van der Waals surface area contributed by atoms with E-state index in [4.69, 9.17) is 4.42 Å². The number of alkyl halides is 2. The third kappa shape index (κ3) is 4.93. The SMILES string of the molecule is CN(C)C(=O)C1CCN(c2ccc3c(c2)C(C)(C)C(=O)N(Cc2ccc(-c4nnc(C(F)F)o4)cn2)C3=O)CC1. The molecule has 4 heterocycles. The van der Waals surface area contributed by atoms with Gasteiger partial charge in [0.2, 0.25) is 17.7 Å². The number of carbonyl (C=O) groups is 3. The summed E-state index contributed by atoms with van der Waals surface area (Å²) in [5.74, 6) is -1.49. The highest BCUT2D eigenvalue weighted by molar-refractivity contribution is 6.13. The lowest BCUT2D eigenvalue weighted by Crippen LogP contribution is -2.51. The van der Waals surface area contributed by atoms with Crippen LogP contribution in [0.2, 0.25) is 0 Å². The zero-order valence-corrected chi connectivity index (χ0v) is 22.7. The van der Waals surface area contributed by atoms with E-state index in [1.807, 2.05) is 12.1 Å². The Kier molecular flexibility index (Phi) is 7.11. The van der Waals surface area contributed by atoms with Gasteiger partial charge in [0.15, 0.2) is 0 Å². The molecule has 10 nitrogen and oxygen atoms in total. The number of carbonyl (C=O) groups excluding carboxylic acids is 3. The normalized spacial score (nSPS) is 17.4. The Hall–Kier alpha value is -4.22. The summed E-state index contributed by atoms with van der Waals surface area (Å²) in [4.78, 5) is 48.7. The van der Waals surface area contributed by atoms with E-state index in [-0.39, 0.29) is 30.2 Å². The van der Waals surface area contributed by atoms with Crippen molar-refractivity contribution in [2.45, 2.75) is 45.1 Å². The standard InChI is InChI=1S/C28H30F2N6O4/c1-28(2)21-13-19(35-11-9-16(10-12-35)25(37)34(3)4)7-8-20(21)26(38)36(27(28)39)15-18-6-5-17(14-31-18)23-32-33-24(40-23)22(29)30/h5-8,13-14,16,22H,9-12,15H2,1-4H3. The fraction of sp³-hybridized carbons (Fsp3) is 0.429. The highest BCUT2D eigenvalue weighted by atomic mass is 19.3. The monoisotopic (exact) mass is 552 g/mol. The number of nitrogens with zero attached hydrogens (tertiary/aromatic N) is 6. The fourth-order valence-corrected chi connectivity index (χ4v) is 5.26. The number of anilines is 1. The number of halogens is 2. The van der Waals surface area contributed by atoms with E-state index in [2.05, 4.69) is 20.1 Å². The Morgan fingerprint density at radius 1 is 1.12 bits per heavy atom. The maximum atomic E-state index is 13.6. The molecular formula is C28H30F2N6O4. The lowest BCUT2D eigenvalue weighted by molar-refractivity contribution is -0.135. The molecule has 5 rings (SSSR count). The molecule has 2 aliphatic rings. The van der Waals surface area contributed by atoms with Gasteiger partial charge in [0.05, 0.1) is 23.2 Å². The highest BCUT2D eigenvalue weighted by Gasteiger charge is 2.45. The quantitative estimate of drug-likeness (QED) is 0.424. The van der Waals surface area contributed by atoms with Gasteiger partial charge in [0.1, 0.15) is 0 Å². The first-order valence-electron chi connectivity index (χ1n) is 13.0. The van der Waals surface area contributed by atoms with Gasteiger partial charge >= 0.3 is 6.43 Å². The van der Waals surface area contributed by atoms with Gasteiger partial charge in [-0.25, -0.2) is 0 Å². The van der Waals surface area contributed by atoms with Crippen molar-refractivity contribution >= 4 is 23.4 Å². The molecule has 12 heteroatoms. The minimum Gasteiger partial charge on any atom is -0.415 e. The summed E-state index contributed by atoms with van der Waals surface area (Å²) in [7, 11) is 3.54. The van der Waals surface area contributed by atoms with Crippen molar-refractivity contribution in [1.29, 1.82) is 0 Å². The minimum atomic E-state index is -2.88. The highest BCUT2D eigenvalue weighted by Crippen LogP contribution is 2.38. The van der Waals surface area contributed by atoms with Crippen LogP contribution < -0.4 is 4.90 Å². The number of aromatic nitrogens is 3. The van der Waals surface area contributed by atoms with E-state index in [1.165, 1.54) is 11.1 Å². The maximum absolute atomic E-state index is 13.6. The number of imide groups is 1. The Morgan fingerprint density at radius 3 is 2.45 bits per heavy atom. The van der Waals surface area contributed by atoms with Crippen LogP contribution >= 0.6 is 0 Å². The molecule has 3 aromatic rings. The number of hydrogen-bond donors (Lipinski definition) is 0. The molecular weight excluding hydrogens is 522 g/mol. The number of fused-ring (bicyclic) bond motifs is 1. The Balaban J connectivity index is 1.33. The number of rotatable bonds is 6. The number of amides is 3. The largest absolute Gasteiger partial charge is 0.415 e. The molecule has 0 atom stereocenters. The molecule has 1 aromatic carbocycles. The van der Waals surface area contributed by atoms with Crippen molar-refractivity contribution in [3.63, 3.8) is 0 Å². The zero-order chi connectivity index (χ0) is 28.8. The average molecular weight is 553 g/mol. The summed E-state index contributed by atoms with van der Waals surface area (Å²) in [6.07, 6.45) is -0.0146. The van der Waals surface area contributed by atoms with Crippen LogP contribution in [0.4, 0.5) is 14.5 Å². The van der Waals surface area contributed by atoms with Gasteiger partial charge in [0, 0.05) is 50.6 Å². The molecule has 0 radical (unpaired) electrons. The van der Waals surface area contributed by atoms with Crippen LogP contribution in [0.1, 0.15) is 60.6 Å². The molecule has 40 heavy (non-hydrogen) atoms. The summed E-state index contributed by atoms with van der Waals surface area (Å²) >= 11 is 0. The van der Waals surface area contributed by atoms with Crippen LogP contribution in [-0.2, 0) is 21.5 Å². The molecule has 3 amide bonds. The average Bonchev–Trinajstić information content (AvgIpc) is 3.45.